The first-order chi connectivity index (χ1) is 20.5. The molecule has 0 spiro atoms. The number of carbonyl (C=O) groups excluding carboxylic acids is 3. The molecule has 4 aromatic rings. The predicted octanol–water partition coefficient (Wildman–Crippen LogP) is 6.37. The second-order valence-corrected chi connectivity index (χ2v) is 9.68. The normalized spacial score (nSPS) is 14.8. The Morgan fingerprint density at radius 2 is 1.56 bits per heavy atom. The molecule has 0 radical (unpaired) electrons. The summed E-state index contributed by atoms with van der Waals surface area (Å²) in [5.74, 6) is -2.52. The van der Waals surface area contributed by atoms with Gasteiger partial charge in [-0.15, -0.1) is 0 Å². The molecule has 1 heterocycles. The Morgan fingerprint density at radius 1 is 0.884 bits per heavy atom. The molecule has 1 unspecified atom stereocenters. The quantitative estimate of drug-likeness (QED) is 0.203. The standard InChI is InChI=1S/C32H24F4N4O3/c1-19-10-5-6-13-21(19)26(41)18-40-25-17-8-7-14-22(25)27(20-11-3-2-4-12-20)37-29(30(40)42)39-31(43)38-28-23(32(34,35)36)15-9-16-24(28)33/h2-17,29H,18H2,1H3,(H2,38,39,43). The van der Waals surface area contributed by atoms with Crippen LogP contribution in [0.5, 0.6) is 0 Å². The van der Waals surface area contributed by atoms with Crippen LogP contribution in [0.1, 0.15) is 32.6 Å². The Hall–Kier alpha value is -5.32. The average molecular weight is 589 g/mol. The van der Waals surface area contributed by atoms with Crippen LogP contribution in [0.25, 0.3) is 0 Å². The topological polar surface area (TPSA) is 90.9 Å². The van der Waals surface area contributed by atoms with E-state index in [0.717, 1.165) is 12.1 Å². The van der Waals surface area contributed by atoms with Gasteiger partial charge in [0.15, 0.2) is 5.78 Å². The number of aryl methyl sites for hydroxylation is 1. The molecule has 3 amide bonds. The number of anilines is 2. The summed E-state index contributed by atoms with van der Waals surface area (Å²) in [5.41, 5.74) is 0.286. The molecule has 43 heavy (non-hydrogen) atoms. The van der Waals surface area contributed by atoms with Crippen LogP contribution in [0.15, 0.2) is 102 Å². The summed E-state index contributed by atoms with van der Waals surface area (Å²) in [6, 6.07) is 23.3. The summed E-state index contributed by atoms with van der Waals surface area (Å²) in [6.07, 6.45) is -6.65. The molecule has 2 N–H and O–H groups in total. The molecule has 0 bridgehead atoms. The van der Waals surface area contributed by atoms with Gasteiger partial charge in [0, 0.05) is 16.7 Å². The number of nitrogens with zero attached hydrogens (tertiary/aromatic N) is 2. The van der Waals surface area contributed by atoms with Gasteiger partial charge in [0.25, 0.3) is 5.91 Å². The van der Waals surface area contributed by atoms with E-state index in [0.29, 0.717) is 39.7 Å². The minimum absolute atomic E-state index is 0.294. The zero-order valence-electron chi connectivity index (χ0n) is 22.7. The van der Waals surface area contributed by atoms with E-state index >= 15 is 0 Å². The molecule has 0 saturated heterocycles. The highest BCUT2D eigenvalue weighted by Gasteiger charge is 2.37. The number of alkyl halides is 3. The van der Waals surface area contributed by atoms with Crippen molar-refractivity contribution >= 4 is 34.8 Å². The highest BCUT2D eigenvalue weighted by atomic mass is 19.4. The van der Waals surface area contributed by atoms with Gasteiger partial charge in [-0.25, -0.2) is 14.2 Å². The number of Topliss-reactive ketones (excluding diaryl/α,β-unsaturated/α-hetero) is 1. The number of benzodiazepines with no additional fused rings is 1. The van der Waals surface area contributed by atoms with Gasteiger partial charge in [0.1, 0.15) is 5.82 Å². The number of ketones is 1. The third-order valence-corrected chi connectivity index (χ3v) is 6.83. The van der Waals surface area contributed by atoms with E-state index in [2.05, 4.69) is 10.3 Å². The molecule has 5 rings (SSSR count). The number of amides is 3. The predicted molar refractivity (Wildman–Crippen MR) is 154 cm³/mol. The van der Waals surface area contributed by atoms with E-state index in [1.807, 2.05) is 5.32 Å². The monoisotopic (exact) mass is 588 g/mol. The number of urea groups is 1. The van der Waals surface area contributed by atoms with Crippen LogP contribution in [0.4, 0.5) is 33.7 Å². The number of hydrogen-bond donors (Lipinski definition) is 2. The van der Waals surface area contributed by atoms with Crippen LogP contribution in [0.2, 0.25) is 0 Å². The second-order valence-electron chi connectivity index (χ2n) is 9.68. The van der Waals surface area contributed by atoms with Crippen molar-refractivity contribution in [3.8, 4) is 0 Å². The molecule has 1 atom stereocenters. The van der Waals surface area contributed by atoms with Crippen molar-refractivity contribution < 1.29 is 31.9 Å². The highest BCUT2D eigenvalue weighted by molar-refractivity contribution is 6.21. The van der Waals surface area contributed by atoms with Crippen molar-refractivity contribution in [3.05, 3.63) is 131 Å². The second kappa shape index (κ2) is 11.9. The van der Waals surface area contributed by atoms with Crippen LogP contribution in [-0.4, -0.2) is 36.1 Å². The summed E-state index contributed by atoms with van der Waals surface area (Å²) in [6.45, 7) is 1.35. The molecule has 0 aliphatic carbocycles. The van der Waals surface area contributed by atoms with Crippen molar-refractivity contribution in [1.82, 2.24) is 5.32 Å². The van der Waals surface area contributed by atoms with Crippen molar-refractivity contribution in [2.45, 2.75) is 19.3 Å². The molecule has 11 heteroatoms. The Balaban J connectivity index is 1.55. The molecule has 218 valence electrons. The van der Waals surface area contributed by atoms with Crippen molar-refractivity contribution in [2.75, 3.05) is 16.8 Å². The zero-order chi connectivity index (χ0) is 30.7. The van der Waals surface area contributed by atoms with E-state index in [-0.39, 0.29) is 5.78 Å². The Labute approximate surface area is 243 Å². The van der Waals surface area contributed by atoms with Crippen LogP contribution in [-0.2, 0) is 11.0 Å². The molecule has 4 aromatic carbocycles. The number of benzene rings is 4. The fourth-order valence-corrected chi connectivity index (χ4v) is 4.79. The Kier molecular flexibility index (Phi) is 8.07. The SMILES string of the molecule is Cc1ccccc1C(=O)CN1C(=O)C(NC(=O)Nc2c(F)cccc2C(F)(F)F)N=C(c2ccccc2)c2ccccc21. The van der Waals surface area contributed by atoms with Gasteiger partial charge < -0.3 is 15.5 Å². The minimum atomic E-state index is -4.96. The number of halogens is 4. The lowest BCUT2D eigenvalue weighted by molar-refractivity contribution is -0.137. The van der Waals surface area contributed by atoms with E-state index in [1.165, 1.54) is 4.90 Å². The summed E-state index contributed by atoms with van der Waals surface area (Å²) in [7, 11) is 0. The van der Waals surface area contributed by atoms with Gasteiger partial charge in [-0.3, -0.25) is 9.59 Å². The van der Waals surface area contributed by atoms with Crippen LogP contribution in [0.3, 0.4) is 0 Å². The van der Waals surface area contributed by atoms with Crippen molar-refractivity contribution in [3.63, 3.8) is 0 Å². The number of para-hydroxylation sites is 2. The maximum absolute atomic E-state index is 14.4. The molecule has 7 nitrogen and oxygen atoms in total. The summed E-state index contributed by atoms with van der Waals surface area (Å²) in [4.78, 5) is 46.1. The number of nitrogens with one attached hydrogen (secondary N) is 2. The number of aliphatic imine (C=N–C) groups is 1. The summed E-state index contributed by atoms with van der Waals surface area (Å²) in [5, 5.41) is 4.16. The van der Waals surface area contributed by atoms with E-state index in [4.69, 9.17) is 0 Å². The fourth-order valence-electron chi connectivity index (χ4n) is 4.79. The molecular formula is C32H24F4N4O3. The first-order valence-corrected chi connectivity index (χ1v) is 13.1. The molecular weight excluding hydrogens is 564 g/mol. The maximum atomic E-state index is 14.4. The first-order valence-electron chi connectivity index (χ1n) is 13.1. The van der Waals surface area contributed by atoms with Crippen molar-refractivity contribution in [2.24, 2.45) is 4.99 Å². The van der Waals surface area contributed by atoms with Gasteiger partial charge in [0.05, 0.1) is 29.2 Å². The number of carbonyl (C=O) groups is 3. The van der Waals surface area contributed by atoms with E-state index in [1.54, 1.807) is 85.8 Å². The Bertz CT molecular complexity index is 1740. The third-order valence-electron chi connectivity index (χ3n) is 6.83. The lowest BCUT2D eigenvalue weighted by atomic mass is 9.99. The molecule has 0 aromatic heterocycles. The molecule has 1 aliphatic heterocycles. The van der Waals surface area contributed by atoms with Crippen LogP contribution in [0, 0.1) is 12.7 Å². The maximum Gasteiger partial charge on any atom is 0.418 e. The number of hydrogen-bond acceptors (Lipinski definition) is 4. The van der Waals surface area contributed by atoms with Crippen molar-refractivity contribution in [1.29, 1.82) is 0 Å². The minimum Gasteiger partial charge on any atom is -0.308 e. The molecule has 1 aliphatic rings. The van der Waals surface area contributed by atoms with Gasteiger partial charge >= 0.3 is 12.2 Å². The first kappa shape index (κ1) is 29.2. The number of rotatable bonds is 6. The van der Waals surface area contributed by atoms with Gasteiger partial charge in [-0.1, -0.05) is 78.9 Å². The van der Waals surface area contributed by atoms with Gasteiger partial charge in [-0.2, -0.15) is 13.2 Å². The van der Waals surface area contributed by atoms with Gasteiger partial charge in [-0.05, 0) is 30.7 Å². The fraction of sp³-hybridized carbons (Fsp3) is 0.125. The van der Waals surface area contributed by atoms with E-state index in [9.17, 15) is 31.9 Å². The lowest BCUT2D eigenvalue weighted by Crippen LogP contribution is -2.50. The number of fused-ring (bicyclic) bond motifs is 1. The lowest BCUT2D eigenvalue weighted by Gasteiger charge is -2.25. The zero-order valence-corrected chi connectivity index (χ0v) is 22.7. The molecule has 0 saturated carbocycles. The summed E-state index contributed by atoms with van der Waals surface area (Å²) < 4.78 is 55.0. The molecule has 0 fully saturated rings. The summed E-state index contributed by atoms with van der Waals surface area (Å²) >= 11 is 0. The average Bonchev–Trinajstić information content (AvgIpc) is 3.09. The highest BCUT2D eigenvalue weighted by Crippen LogP contribution is 2.36. The smallest absolute Gasteiger partial charge is 0.308 e. The van der Waals surface area contributed by atoms with Crippen LogP contribution < -0.4 is 15.5 Å². The largest absolute Gasteiger partial charge is 0.418 e. The van der Waals surface area contributed by atoms with Gasteiger partial charge in [0.2, 0.25) is 6.17 Å². The Morgan fingerprint density at radius 3 is 2.28 bits per heavy atom. The van der Waals surface area contributed by atoms with E-state index < -0.39 is 47.9 Å². The van der Waals surface area contributed by atoms with Crippen LogP contribution >= 0.6 is 0 Å². The third kappa shape index (κ3) is 6.15.